The third-order valence-electron chi connectivity index (χ3n) is 4.71. The van der Waals surface area contributed by atoms with Gasteiger partial charge in [-0.15, -0.1) is 10.2 Å². The molecule has 0 aliphatic carbocycles. The molecule has 0 saturated carbocycles. The normalized spacial score (nSPS) is 11.1. The van der Waals surface area contributed by atoms with Crippen LogP contribution in [0, 0.1) is 0 Å². The number of nitrogens with zero attached hydrogens (tertiary/aromatic N) is 4. The predicted molar refractivity (Wildman–Crippen MR) is 127 cm³/mol. The van der Waals surface area contributed by atoms with Gasteiger partial charge in [-0.25, -0.2) is 0 Å². The summed E-state index contributed by atoms with van der Waals surface area (Å²) in [6.45, 7) is 5.32. The number of carbonyl (C=O) groups is 1. The molecule has 0 saturated heterocycles. The number of benzene rings is 2. The van der Waals surface area contributed by atoms with Crippen molar-refractivity contribution in [2.75, 3.05) is 24.4 Å². The van der Waals surface area contributed by atoms with E-state index in [0.717, 1.165) is 17.7 Å². The second kappa shape index (κ2) is 11.3. The molecule has 0 atom stereocenters. The van der Waals surface area contributed by atoms with Crippen LogP contribution in [0.15, 0.2) is 59.8 Å². The van der Waals surface area contributed by atoms with Crippen LogP contribution in [0.2, 0.25) is 5.02 Å². The maximum absolute atomic E-state index is 13.1. The van der Waals surface area contributed by atoms with Gasteiger partial charge in [-0.3, -0.25) is 4.79 Å². The van der Waals surface area contributed by atoms with Gasteiger partial charge in [0, 0.05) is 37.6 Å². The second-order valence-electron chi connectivity index (χ2n) is 7.27. The van der Waals surface area contributed by atoms with Crippen molar-refractivity contribution in [1.82, 2.24) is 14.8 Å². The topological polar surface area (TPSA) is 60.2 Å². The van der Waals surface area contributed by atoms with Crippen molar-refractivity contribution < 1.29 is 9.53 Å². The van der Waals surface area contributed by atoms with Crippen LogP contribution in [0.25, 0.3) is 11.4 Å². The molecule has 3 rings (SSSR count). The molecule has 3 aromatic rings. The first-order valence-electron chi connectivity index (χ1n) is 10.2. The minimum absolute atomic E-state index is 0.0249. The van der Waals surface area contributed by atoms with E-state index in [4.69, 9.17) is 16.3 Å². The first-order valence-corrected chi connectivity index (χ1v) is 11.6. The Bertz CT molecular complexity index is 994. The van der Waals surface area contributed by atoms with Gasteiger partial charge in [-0.2, -0.15) is 0 Å². The van der Waals surface area contributed by atoms with E-state index in [0.29, 0.717) is 29.2 Å². The van der Waals surface area contributed by atoms with E-state index in [1.807, 2.05) is 77.9 Å². The van der Waals surface area contributed by atoms with Crippen molar-refractivity contribution in [1.29, 1.82) is 0 Å². The molecule has 31 heavy (non-hydrogen) atoms. The minimum atomic E-state index is 0.0249. The maximum atomic E-state index is 13.1. The lowest BCUT2D eigenvalue weighted by molar-refractivity contribution is -0.116. The van der Waals surface area contributed by atoms with E-state index < -0.39 is 0 Å². The number of para-hydroxylation sites is 1. The second-order valence-corrected chi connectivity index (χ2v) is 8.62. The summed E-state index contributed by atoms with van der Waals surface area (Å²) in [6.07, 6.45) is 0.801. The number of thioether (sulfide) groups is 1. The number of ether oxygens (including phenoxy) is 1. The average Bonchev–Trinajstić information content (AvgIpc) is 3.16. The monoisotopic (exact) mass is 458 g/mol. The fourth-order valence-electron chi connectivity index (χ4n) is 3.32. The number of halogens is 1. The number of aromatic nitrogens is 3. The number of amides is 1. The van der Waals surface area contributed by atoms with E-state index in [9.17, 15) is 4.79 Å². The number of hydrogen-bond donors (Lipinski definition) is 0. The lowest BCUT2D eigenvalue weighted by Crippen LogP contribution is -2.38. The van der Waals surface area contributed by atoms with Crippen LogP contribution in [-0.2, 0) is 16.1 Å². The molecular weight excluding hydrogens is 432 g/mol. The molecule has 0 radical (unpaired) electrons. The van der Waals surface area contributed by atoms with Crippen molar-refractivity contribution in [2.24, 2.45) is 0 Å². The summed E-state index contributed by atoms with van der Waals surface area (Å²) in [5.74, 6) is 0.982. The zero-order chi connectivity index (χ0) is 22.2. The summed E-state index contributed by atoms with van der Waals surface area (Å²) in [6, 6.07) is 17.3. The smallest absolute Gasteiger partial charge is 0.237 e. The van der Waals surface area contributed by atoms with Crippen LogP contribution in [0.5, 0.6) is 0 Å². The van der Waals surface area contributed by atoms with Gasteiger partial charge in [0.25, 0.3) is 0 Å². The summed E-state index contributed by atoms with van der Waals surface area (Å²) in [5, 5.41) is 10.1. The standard InChI is InChI=1S/C23H27ClN4O2S/c1-17(2)28(18-10-5-4-6-11-18)21(29)16-31-23-26-25-22(27(23)14-9-15-30-3)19-12-7-8-13-20(19)24/h4-8,10-13,17H,9,14-16H2,1-3H3. The first kappa shape index (κ1) is 23.3. The van der Waals surface area contributed by atoms with Crippen molar-refractivity contribution in [3.8, 4) is 11.4 Å². The van der Waals surface area contributed by atoms with Crippen molar-refractivity contribution in [3.63, 3.8) is 0 Å². The number of rotatable bonds is 10. The summed E-state index contributed by atoms with van der Waals surface area (Å²) >= 11 is 7.79. The first-order chi connectivity index (χ1) is 15.0. The molecule has 0 unspecified atom stereocenters. The van der Waals surface area contributed by atoms with Crippen molar-refractivity contribution in [2.45, 2.75) is 38.0 Å². The average molecular weight is 459 g/mol. The van der Waals surface area contributed by atoms with Crippen molar-refractivity contribution in [3.05, 3.63) is 59.6 Å². The third kappa shape index (κ3) is 5.87. The largest absolute Gasteiger partial charge is 0.385 e. The van der Waals surface area contributed by atoms with E-state index in [2.05, 4.69) is 10.2 Å². The Balaban J connectivity index is 1.82. The van der Waals surface area contributed by atoms with E-state index in [-0.39, 0.29) is 17.7 Å². The third-order valence-corrected chi connectivity index (χ3v) is 5.99. The summed E-state index contributed by atoms with van der Waals surface area (Å²) in [5.41, 5.74) is 1.71. The Morgan fingerprint density at radius 1 is 1.13 bits per heavy atom. The Morgan fingerprint density at radius 3 is 2.52 bits per heavy atom. The quantitative estimate of drug-likeness (QED) is 0.310. The lowest BCUT2D eigenvalue weighted by Gasteiger charge is -2.26. The van der Waals surface area contributed by atoms with Crippen LogP contribution in [0.4, 0.5) is 5.69 Å². The molecule has 1 heterocycles. The zero-order valence-corrected chi connectivity index (χ0v) is 19.6. The van der Waals surface area contributed by atoms with Gasteiger partial charge < -0.3 is 14.2 Å². The predicted octanol–water partition coefficient (Wildman–Crippen LogP) is 5.17. The minimum Gasteiger partial charge on any atom is -0.385 e. The summed E-state index contributed by atoms with van der Waals surface area (Å²) in [4.78, 5) is 14.9. The molecule has 0 aliphatic heterocycles. The van der Waals surface area contributed by atoms with E-state index >= 15 is 0 Å². The molecule has 1 amide bonds. The highest BCUT2D eigenvalue weighted by Gasteiger charge is 2.22. The Kier molecular flexibility index (Phi) is 8.51. The lowest BCUT2D eigenvalue weighted by atomic mass is 10.2. The number of methoxy groups -OCH3 is 1. The van der Waals surface area contributed by atoms with Gasteiger partial charge in [0.1, 0.15) is 0 Å². The molecule has 164 valence electrons. The van der Waals surface area contributed by atoms with Crippen LogP contribution in [0.3, 0.4) is 0 Å². The molecule has 2 aromatic carbocycles. The Hall–Kier alpha value is -2.35. The zero-order valence-electron chi connectivity index (χ0n) is 18.0. The highest BCUT2D eigenvalue weighted by molar-refractivity contribution is 7.99. The maximum Gasteiger partial charge on any atom is 0.237 e. The van der Waals surface area contributed by atoms with Gasteiger partial charge in [0.2, 0.25) is 5.91 Å². The van der Waals surface area contributed by atoms with Gasteiger partial charge >= 0.3 is 0 Å². The molecule has 6 nitrogen and oxygen atoms in total. The van der Waals surface area contributed by atoms with Crippen molar-refractivity contribution >= 4 is 35.0 Å². The molecule has 1 aromatic heterocycles. The fraction of sp³-hybridized carbons (Fsp3) is 0.348. The molecule has 0 fully saturated rings. The van der Waals surface area contributed by atoms with Crippen LogP contribution in [0.1, 0.15) is 20.3 Å². The number of carbonyl (C=O) groups excluding carboxylic acids is 1. The molecule has 8 heteroatoms. The van der Waals surface area contributed by atoms with Crippen LogP contribution < -0.4 is 4.90 Å². The van der Waals surface area contributed by atoms with Crippen LogP contribution in [-0.4, -0.2) is 46.2 Å². The SMILES string of the molecule is COCCCn1c(SCC(=O)N(c2ccccc2)C(C)C)nnc1-c1ccccc1Cl. The molecule has 0 spiro atoms. The van der Waals surface area contributed by atoms with Gasteiger partial charge in [-0.1, -0.05) is 53.7 Å². The molecular formula is C23H27ClN4O2S. The summed E-state index contributed by atoms with van der Waals surface area (Å²) < 4.78 is 7.22. The van der Waals surface area contributed by atoms with Crippen LogP contribution >= 0.6 is 23.4 Å². The molecule has 0 bridgehead atoms. The fourth-order valence-corrected chi connectivity index (χ4v) is 4.36. The van der Waals surface area contributed by atoms with E-state index in [1.54, 1.807) is 7.11 Å². The number of anilines is 1. The highest BCUT2D eigenvalue weighted by atomic mass is 35.5. The highest BCUT2D eigenvalue weighted by Crippen LogP contribution is 2.30. The van der Waals surface area contributed by atoms with Gasteiger partial charge in [-0.05, 0) is 44.5 Å². The Labute approximate surface area is 192 Å². The molecule has 0 aliphatic rings. The Morgan fingerprint density at radius 2 is 1.84 bits per heavy atom. The summed E-state index contributed by atoms with van der Waals surface area (Å²) in [7, 11) is 1.68. The van der Waals surface area contributed by atoms with Gasteiger partial charge in [0.05, 0.1) is 10.8 Å². The van der Waals surface area contributed by atoms with Gasteiger partial charge in [0.15, 0.2) is 11.0 Å². The molecule has 0 N–H and O–H groups in total. The van der Waals surface area contributed by atoms with E-state index in [1.165, 1.54) is 11.8 Å². The number of hydrogen-bond acceptors (Lipinski definition) is 5.